The van der Waals surface area contributed by atoms with Crippen molar-refractivity contribution in [3.05, 3.63) is 59.7 Å². The topological polar surface area (TPSA) is 136 Å². The number of aliphatic carboxylic acids is 1. The first-order chi connectivity index (χ1) is 21.2. The van der Waals surface area contributed by atoms with Crippen molar-refractivity contribution >= 4 is 52.6 Å². The van der Waals surface area contributed by atoms with E-state index in [2.05, 4.69) is 22.5 Å². The summed E-state index contributed by atoms with van der Waals surface area (Å²) in [5.41, 5.74) is 2.63. The number of anilines is 2. The number of hydrogen-bond donors (Lipinski definition) is 3. The Labute approximate surface area is 263 Å². The standard InChI is InChI=1S/C33H41ClN4O6/c1-2-18-37(19-17-34)27-13-5-22(6-14-27)20-28(33(43)44)36-32(42)25-9-11-26(12-10-25)35-31(41)24-7-3-23(4-8-24)21-38-29(39)15-16-30(38)40/h5-6,9-14,23-24,28H,2-4,7-8,15-21H2,1H3,(H,35,41)(H,36,42)(H,43,44). The molecular formula is C33H41ClN4O6. The van der Waals surface area contributed by atoms with Crippen LogP contribution in [0.5, 0.6) is 0 Å². The van der Waals surface area contributed by atoms with Crippen LogP contribution in [0.4, 0.5) is 11.4 Å². The summed E-state index contributed by atoms with van der Waals surface area (Å²) in [5, 5.41) is 15.3. The van der Waals surface area contributed by atoms with Crippen LogP contribution >= 0.6 is 11.6 Å². The molecular weight excluding hydrogens is 584 g/mol. The van der Waals surface area contributed by atoms with E-state index in [4.69, 9.17) is 11.6 Å². The Morgan fingerprint density at radius 1 is 0.955 bits per heavy atom. The average molecular weight is 625 g/mol. The SMILES string of the molecule is CCCN(CCCl)c1ccc(CC(NC(=O)c2ccc(NC(=O)C3CCC(CN4C(=O)CCC4=O)CC3)cc2)C(=O)O)cc1. The number of rotatable bonds is 14. The summed E-state index contributed by atoms with van der Waals surface area (Å²) in [7, 11) is 0. The third-order valence-electron chi connectivity index (χ3n) is 8.42. The molecule has 0 bridgehead atoms. The zero-order chi connectivity index (χ0) is 31.6. The van der Waals surface area contributed by atoms with Crippen molar-refractivity contribution < 1.29 is 29.1 Å². The Hall–Kier alpha value is -3.92. The number of likely N-dealkylation sites (tertiary alicyclic amines) is 1. The highest BCUT2D eigenvalue weighted by molar-refractivity contribution is 6.18. The highest BCUT2D eigenvalue weighted by atomic mass is 35.5. The van der Waals surface area contributed by atoms with Crippen molar-refractivity contribution in [1.29, 1.82) is 0 Å². The Morgan fingerprint density at radius 3 is 2.16 bits per heavy atom. The molecule has 10 nitrogen and oxygen atoms in total. The number of nitrogens with one attached hydrogen (secondary N) is 2. The van der Waals surface area contributed by atoms with Crippen molar-refractivity contribution in [3.8, 4) is 0 Å². The van der Waals surface area contributed by atoms with Crippen LogP contribution in [0.1, 0.15) is 67.8 Å². The molecule has 2 fully saturated rings. The molecule has 0 radical (unpaired) electrons. The zero-order valence-corrected chi connectivity index (χ0v) is 25.9. The van der Waals surface area contributed by atoms with Gasteiger partial charge in [0.25, 0.3) is 5.91 Å². The van der Waals surface area contributed by atoms with Crippen LogP contribution in [0.2, 0.25) is 0 Å². The van der Waals surface area contributed by atoms with Crippen molar-refractivity contribution in [2.75, 3.05) is 35.7 Å². The number of alkyl halides is 1. The molecule has 1 heterocycles. The fourth-order valence-electron chi connectivity index (χ4n) is 5.90. The summed E-state index contributed by atoms with van der Waals surface area (Å²) < 4.78 is 0. The van der Waals surface area contributed by atoms with Gasteiger partial charge in [-0.1, -0.05) is 19.1 Å². The Bertz CT molecular complexity index is 1300. The molecule has 1 aliphatic heterocycles. The lowest BCUT2D eigenvalue weighted by Gasteiger charge is -2.30. The van der Waals surface area contributed by atoms with Gasteiger partial charge in [0.1, 0.15) is 6.04 Å². The van der Waals surface area contributed by atoms with E-state index >= 15 is 0 Å². The highest BCUT2D eigenvalue weighted by Gasteiger charge is 2.33. The van der Waals surface area contributed by atoms with E-state index in [9.17, 15) is 29.1 Å². The van der Waals surface area contributed by atoms with Crippen molar-refractivity contribution in [2.45, 2.75) is 64.3 Å². The van der Waals surface area contributed by atoms with Gasteiger partial charge in [0.2, 0.25) is 17.7 Å². The number of benzene rings is 2. The average Bonchev–Trinajstić information content (AvgIpc) is 3.33. The fourth-order valence-corrected chi connectivity index (χ4v) is 6.11. The molecule has 44 heavy (non-hydrogen) atoms. The second-order valence-corrected chi connectivity index (χ2v) is 12.0. The number of hydrogen-bond acceptors (Lipinski definition) is 6. The number of amides is 4. The zero-order valence-electron chi connectivity index (χ0n) is 25.1. The Kier molecular flexibility index (Phi) is 11.8. The van der Waals surface area contributed by atoms with Crippen LogP contribution in [0, 0.1) is 11.8 Å². The quantitative estimate of drug-likeness (QED) is 0.209. The van der Waals surface area contributed by atoms with Gasteiger partial charge in [-0.05, 0) is 80.0 Å². The largest absolute Gasteiger partial charge is 0.480 e. The molecule has 236 valence electrons. The van der Waals surface area contributed by atoms with Crippen molar-refractivity contribution in [3.63, 3.8) is 0 Å². The third-order valence-corrected chi connectivity index (χ3v) is 8.59. The smallest absolute Gasteiger partial charge is 0.326 e. The number of halogens is 1. The van der Waals surface area contributed by atoms with Crippen LogP contribution in [0.25, 0.3) is 0 Å². The van der Waals surface area contributed by atoms with Gasteiger partial charge in [-0.3, -0.25) is 24.1 Å². The number of carboxylic acid groups (broad SMARTS) is 1. The summed E-state index contributed by atoms with van der Waals surface area (Å²) in [4.78, 5) is 65.1. The maximum absolute atomic E-state index is 12.9. The van der Waals surface area contributed by atoms with Crippen LogP contribution < -0.4 is 15.5 Å². The molecule has 1 saturated heterocycles. The Balaban J connectivity index is 1.26. The molecule has 4 amide bonds. The molecule has 1 atom stereocenters. The number of carbonyl (C=O) groups excluding carboxylic acids is 4. The van der Waals surface area contributed by atoms with Gasteiger partial charge in [-0.15, -0.1) is 11.6 Å². The lowest BCUT2D eigenvalue weighted by molar-refractivity contribution is -0.140. The number of carbonyl (C=O) groups is 5. The summed E-state index contributed by atoms with van der Waals surface area (Å²) in [5.74, 6) is -1.40. The number of nitrogens with zero attached hydrogens (tertiary/aromatic N) is 2. The van der Waals surface area contributed by atoms with Gasteiger partial charge < -0.3 is 20.6 Å². The van der Waals surface area contributed by atoms with Crippen LogP contribution in [-0.2, 0) is 25.6 Å². The second-order valence-electron chi connectivity index (χ2n) is 11.6. The van der Waals surface area contributed by atoms with Gasteiger partial charge in [0, 0.05) is 67.6 Å². The predicted octanol–water partition coefficient (Wildman–Crippen LogP) is 4.46. The summed E-state index contributed by atoms with van der Waals surface area (Å²) >= 11 is 5.93. The summed E-state index contributed by atoms with van der Waals surface area (Å²) in [6.07, 6.45) is 4.59. The first-order valence-corrected chi connectivity index (χ1v) is 15.9. The normalized spacial score (nSPS) is 19.0. The maximum atomic E-state index is 12.9. The van der Waals surface area contributed by atoms with Crippen LogP contribution in [0.3, 0.4) is 0 Å². The van der Waals surface area contributed by atoms with Gasteiger partial charge in [-0.25, -0.2) is 4.79 Å². The minimum atomic E-state index is -1.13. The monoisotopic (exact) mass is 624 g/mol. The van der Waals surface area contributed by atoms with Crippen molar-refractivity contribution in [2.24, 2.45) is 11.8 Å². The second kappa shape index (κ2) is 15.7. The van der Waals surface area contributed by atoms with E-state index in [0.717, 1.165) is 43.6 Å². The third kappa shape index (κ3) is 8.81. The summed E-state index contributed by atoms with van der Waals surface area (Å²) in [6.45, 7) is 4.13. The van der Waals surface area contributed by atoms with Gasteiger partial charge in [0.15, 0.2) is 0 Å². The lowest BCUT2D eigenvalue weighted by Crippen LogP contribution is -2.42. The van der Waals surface area contributed by atoms with Crippen molar-refractivity contribution in [1.82, 2.24) is 10.2 Å². The molecule has 1 unspecified atom stereocenters. The maximum Gasteiger partial charge on any atom is 0.326 e. The molecule has 2 aliphatic rings. The number of carboxylic acids is 1. The summed E-state index contributed by atoms with van der Waals surface area (Å²) in [6, 6.07) is 12.9. The molecule has 3 N–H and O–H groups in total. The van der Waals surface area contributed by atoms with E-state index in [-0.39, 0.29) is 41.5 Å². The first-order valence-electron chi connectivity index (χ1n) is 15.4. The molecule has 0 aromatic heterocycles. The molecule has 4 rings (SSSR count). The van der Waals surface area contributed by atoms with Gasteiger partial charge in [0.05, 0.1) is 0 Å². The minimum absolute atomic E-state index is 0.103. The molecule has 2 aromatic carbocycles. The van der Waals surface area contributed by atoms with E-state index in [1.54, 1.807) is 24.3 Å². The highest BCUT2D eigenvalue weighted by Crippen LogP contribution is 2.31. The lowest BCUT2D eigenvalue weighted by atomic mass is 9.81. The van der Waals surface area contributed by atoms with E-state index in [1.165, 1.54) is 4.90 Å². The molecule has 1 saturated carbocycles. The van der Waals surface area contributed by atoms with E-state index in [0.29, 0.717) is 43.8 Å². The van der Waals surface area contributed by atoms with E-state index in [1.807, 2.05) is 24.3 Å². The predicted molar refractivity (Wildman–Crippen MR) is 169 cm³/mol. The van der Waals surface area contributed by atoms with Crippen LogP contribution in [-0.4, -0.2) is 71.2 Å². The minimum Gasteiger partial charge on any atom is -0.480 e. The van der Waals surface area contributed by atoms with Gasteiger partial charge in [-0.2, -0.15) is 0 Å². The van der Waals surface area contributed by atoms with Gasteiger partial charge >= 0.3 is 5.97 Å². The van der Waals surface area contributed by atoms with Crippen LogP contribution in [0.15, 0.2) is 48.5 Å². The first kappa shape index (κ1) is 33.0. The number of imide groups is 1. The fraction of sp³-hybridized carbons (Fsp3) is 0.485. The Morgan fingerprint density at radius 2 is 1.59 bits per heavy atom. The molecule has 1 aliphatic carbocycles. The molecule has 2 aromatic rings. The molecule has 11 heteroatoms. The molecule has 0 spiro atoms. The van der Waals surface area contributed by atoms with E-state index < -0.39 is 17.9 Å².